The van der Waals surface area contributed by atoms with E-state index < -0.39 is 11.4 Å². The molecule has 0 spiro atoms. The quantitative estimate of drug-likeness (QED) is 0.775. The molecule has 0 bridgehead atoms. The van der Waals surface area contributed by atoms with Crippen molar-refractivity contribution in [3.63, 3.8) is 0 Å². The Kier molecular flexibility index (Phi) is 2.69. The first-order valence-electron chi connectivity index (χ1n) is 4.10. The lowest BCUT2D eigenvalue weighted by atomic mass is 9.89. The van der Waals surface area contributed by atoms with Crippen LogP contribution in [-0.4, -0.2) is 28.4 Å². The maximum absolute atomic E-state index is 10.9. The molecule has 0 amide bonds. The molecule has 0 saturated heterocycles. The number of aromatic nitrogens is 2. The lowest BCUT2D eigenvalue weighted by Crippen LogP contribution is -2.29. The molecule has 5 nitrogen and oxygen atoms in total. The molecule has 0 aliphatic carbocycles. The van der Waals surface area contributed by atoms with E-state index in [1.807, 2.05) is 0 Å². The van der Waals surface area contributed by atoms with Gasteiger partial charge in [-0.25, -0.2) is 0 Å². The second-order valence-corrected chi connectivity index (χ2v) is 3.39. The molecule has 5 heteroatoms. The third-order valence-corrected chi connectivity index (χ3v) is 2.02. The van der Waals surface area contributed by atoms with E-state index in [1.165, 1.54) is 7.11 Å². The molecule has 0 aliphatic rings. The average molecular weight is 196 g/mol. The van der Waals surface area contributed by atoms with Gasteiger partial charge in [0.15, 0.2) is 0 Å². The van der Waals surface area contributed by atoms with E-state index in [1.54, 1.807) is 26.0 Å². The van der Waals surface area contributed by atoms with Crippen LogP contribution in [0, 0.1) is 0 Å². The molecule has 0 unspecified atom stereocenters. The largest absolute Gasteiger partial charge is 0.481 e. The summed E-state index contributed by atoms with van der Waals surface area (Å²) in [5.74, 6) is -0.563. The summed E-state index contributed by atoms with van der Waals surface area (Å²) in [5.41, 5.74) is -0.620. The Morgan fingerprint density at radius 2 is 2.07 bits per heavy atom. The van der Waals surface area contributed by atoms with Gasteiger partial charge in [0.2, 0.25) is 5.88 Å². The Morgan fingerprint density at radius 3 is 2.43 bits per heavy atom. The number of carbonyl (C=O) groups is 1. The van der Waals surface area contributed by atoms with Gasteiger partial charge in [-0.1, -0.05) is 0 Å². The molecule has 0 saturated carbocycles. The summed E-state index contributed by atoms with van der Waals surface area (Å²) in [6.45, 7) is 3.15. The number of nitrogens with zero attached hydrogens (tertiary/aromatic N) is 2. The number of carboxylic acids is 1. The number of carboxylic acid groups (broad SMARTS) is 1. The molecule has 1 rings (SSSR count). The lowest BCUT2D eigenvalue weighted by molar-refractivity contribution is -0.142. The fourth-order valence-corrected chi connectivity index (χ4v) is 0.872. The first kappa shape index (κ1) is 10.4. The highest BCUT2D eigenvalue weighted by Crippen LogP contribution is 2.21. The predicted octanol–water partition coefficient (Wildman–Crippen LogP) is 0.847. The van der Waals surface area contributed by atoms with E-state index in [9.17, 15) is 4.79 Å². The van der Waals surface area contributed by atoms with Gasteiger partial charge in [-0.05, 0) is 19.9 Å². The zero-order chi connectivity index (χ0) is 10.8. The summed E-state index contributed by atoms with van der Waals surface area (Å²) in [6, 6.07) is 3.19. The van der Waals surface area contributed by atoms with Crippen molar-refractivity contribution in [2.75, 3.05) is 7.11 Å². The van der Waals surface area contributed by atoms with Crippen LogP contribution in [0.15, 0.2) is 12.1 Å². The van der Waals surface area contributed by atoms with Crippen molar-refractivity contribution in [2.45, 2.75) is 19.3 Å². The minimum Gasteiger partial charge on any atom is -0.481 e. The van der Waals surface area contributed by atoms with Gasteiger partial charge in [0.1, 0.15) is 5.41 Å². The zero-order valence-corrected chi connectivity index (χ0v) is 8.31. The molecule has 1 heterocycles. The fourth-order valence-electron chi connectivity index (χ4n) is 0.872. The molecule has 1 aromatic heterocycles. The number of methoxy groups -OCH3 is 1. The van der Waals surface area contributed by atoms with E-state index in [-0.39, 0.29) is 0 Å². The van der Waals surface area contributed by atoms with Crippen molar-refractivity contribution in [3.8, 4) is 5.88 Å². The van der Waals surface area contributed by atoms with Crippen LogP contribution >= 0.6 is 0 Å². The van der Waals surface area contributed by atoms with E-state index in [4.69, 9.17) is 9.84 Å². The highest BCUT2D eigenvalue weighted by atomic mass is 16.5. The second-order valence-electron chi connectivity index (χ2n) is 3.39. The van der Waals surface area contributed by atoms with Crippen LogP contribution in [0.3, 0.4) is 0 Å². The van der Waals surface area contributed by atoms with E-state index in [0.717, 1.165) is 0 Å². The van der Waals surface area contributed by atoms with Gasteiger partial charge in [-0.2, -0.15) is 5.10 Å². The SMILES string of the molecule is COc1ccc(C(C)(C)C(=O)O)nn1. The molecule has 0 aromatic carbocycles. The maximum Gasteiger partial charge on any atom is 0.315 e. The van der Waals surface area contributed by atoms with Gasteiger partial charge in [0, 0.05) is 6.07 Å². The summed E-state index contributed by atoms with van der Waals surface area (Å²) in [4.78, 5) is 10.9. The van der Waals surface area contributed by atoms with E-state index in [0.29, 0.717) is 11.6 Å². The van der Waals surface area contributed by atoms with Crippen molar-refractivity contribution in [1.29, 1.82) is 0 Å². The van der Waals surface area contributed by atoms with Gasteiger partial charge in [0.05, 0.1) is 12.8 Å². The van der Waals surface area contributed by atoms with Crippen molar-refractivity contribution in [2.24, 2.45) is 0 Å². The van der Waals surface area contributed by atoms with Crippen LogP contribution in [0.25, 0.3) is 0 Å². The monoisotopic (exact) mass is 196 g/mol. The van der Waals surface area contributed by atoms with Crippen LogP contribution in [0.5, 0.6) is 5.88 Å². The number of hydrogen-bond acceptors (Lipinski definition) is 4. The molecule has 0 aliphatic heterocycles. The molecule has 0 atom stereocenters. The Balaban J connectivity index is 3.02. The molecular formula is C9H12N2O3. The highest BCUT2D eigenvalue weighted by molar-refractivity contribution is 5.79. The first-order chi connectivity index (χ1) is 6.48. The zero-order valence-electron chi connectivity index (χ0n) is 8.31. The topological polar surface area (TPSA) is 72.3 Å². The third-order valence-electron chi connectivity index (χ3n) is 2.02. The highest BCUT2D eigenvalue weighted by Gasteiger charge is 2.31. The predicted molar refractivity (Wildman–Crippen MR) is 49.2 cm³/mol. The van der Waals surface area contributed by atoms with Gasteiger partial charge >= 0.3 is 5.97 Å². The van der Waals surface area contributed by atoms with Crippen LogP contribution in [-0.2, 0) is 10.2 Å². The molecule has 1 aromatic rings. The summed E-state index contributed by atoms with van der Waals surface area (Å²) in [6.07, 6.45) is 0. The number of aliphatic carboxylic acids is 1. The van der Waals surface area contributed by atoms with Gasteiger partial charge in [-0.3, -0.25) is 4.79 Å². The second kappa shape index (κ2) is 3.61. The van der Waals surface area contributed by atoms with Crippen LogP contribution < -0.4 is 4.74 Å². The Labute approximate surface area is 81.7 Å². The number of hydrogen-bond donors (Lipinski definition) is 1. The number of ether oxygens (including phenoxy) is 1. The van der Waals surface area contributed by atoms with E-state index in [2.05, 4.69) is 10.2 Å². The van der Waals surface area contributed by atoms with Gasteiger partial charge in [0.25, 0.3) is 0 Å². The molecule has 14 heavy (non-hydrogen) atoms. The van der Waals surface area contributed by atoms with Crippen molar-refractivity contribution in [3.05, 3.63) is 17.8 Å². The van der Waals surface area contributed by atoms with Crippen LogP contribution in [0.2, 0.25) is 0 Å². The Morgan fingerprint density at radius 1 is 1.43 bits per heavy atom. The van der Waals surface area contributed by atoms with Crippen molar-refractivity contribution >= 4 is 5.97 Å². The fraction of sp³-hybridized carbons (Fsp3) is 0.444. The smallest absolute Gasteiger partial charge is 0.315 e. The summed E-state index contributed by atoms with van der Waals surface area (Å²) in [7, 11) is 1.48. The third kappa shape index (κ3) is 1.81. The summed E-state index contributed by atoms with van der Waals surface area (Å²) < 4.78 is 4.82. The van der Waals surface area contributed by atoms with Crippen molar-refractivity contribution < 1.29 is 14.6 Å². The first-order valence-corrected chi connectivity index (χ1v) is 4.10. The molecule has 76 valence electrons. The molecule has 0 fully saturated rings. The standard InChI is InChI=1S/C9H12N2O3/c1-9(2,8(12)13)6-4-5-7(14-3)11-10-6/h4-5H,1-3H3,(H,12,13). The lowest BCUT2D eigenvalue weighted by Gasteiger charge is -2.17. The van der Waals surface area contributed by atoms with Gasteiger partial charge < -0.3 is 9.84 Å². The number of rotatable bonds is 3. The minimum absolute atomic E-state index is 0.370. The van der Waals surface area contributed by atoms with Crippen LogP contribution in [0.4, 0.5) is 0 Å². The molecule has 1 N–H and O–H groups in total. The average Bonchev–Trinajstić information content (AvgIpc) is 2.17. The molecule has 0 radical (unpaired) electrons. The Hall–Kier alpha value is -1.65. The van der Waals surface area contributed by atoms with E-state index >= 15 is 0 Å². The minimum atomic E-state index is -1.03. The van der Waals surface area contributed by atoms with Gasteiger partial charge in [-0.15, -0.1) is 5.10 Å². The van der Waals surface area contributed by atoms with Crippen LogP contribution in [0.1, 0.15) is 19.5 Å². The normalized spacial score (nSPS) is 11.1. The molecular weight excluding hydrogens is 184 g/mol. The summed E-state index contributed by atoms with van der Waals surface area (Å²) >= 11 is 0. The Bertz CT molecular complexity index is 332. The maximum atomic E-state index is 10.9. The summed E-state index contributed by atoms with van der Waals surface area (Å²) in [5, 5.41) is 16.4. The van der Waals surface area contributed by atoms with Crippen molar-refractivity contribution in [1.82, 2.24) is 10.2 Å².